The van der Waals surface area contributed by atoms with Crippen molar-refractivity contribution in [3.63, 3.8) is 0 Å². The summed E-state index contributed by atoms with van der Waals surface area (Å²) < 4.78 is 0. The zero-order chi connectivity index (χ0) is 13.1. The minimum atomic E-state index is 0.131. The van der Waals surface area contributed by atoms with Gasteiger partial charge in [0.25, 0.3) is 0 Å². The number of likely N-dealkylation sites (N-methyl/N-ethyl adjacent to an activating group) is 2. The Bertz CT molecular complexity index is 340. The SMILES string of the molecule is CCN(CC)C(C)(C)C(NC)c1csc(C)c1. The minimum Gasteiger partial charge on any atom is -0.311 e. The number of thiophene rings is 1. The average Bonchev–Trinajstić information content (AvgIpc) is 2.66. The third-order valence-electron chi connectivity index (χ3n) is 3.66. The molecular formula is C14H26N2S. The number of nitrogens with zero attached hydrogens (tertiary/aromatic N) is 1. The minimum absolute atomic E-state index is 0.131. The van der Waals surface area contributed by atoms with E-state index < -0.39 is 0 Å². The molecular weight excluding hydrogens is 228 g/mol. The Morgan fingerprint density at radius 2 is 1.94 bits per heavy atom. The number of aryl methyl sites for hydroxylation is 1. The van der Waals surface area contributed by atoms with Crippen molar-refractivity contribution in [1.82, 2.24) is 10.2 Å². The second-order valence-corrected chi connectivity index (χ2v) is 6.15. The third-order valence-corrected chi connectivity index (χ3v) is 4.54. The van der Waals surface area contributed by atoms with E-state index in [-0.39, 0.29) is 5.54 Å². The van der Waals surface area contributed by atoms with Crippen LogP contribution in [0.2, 0.25) is 0 Å². The van der Waals surface area contributed by atoms with E-state index in [1.54, 1.807) is 0 Å². The fraction of sp³-hybridized carbons (Fsp3) is 0.714. The molecule has 0 spiro atoms. The molecule has 0 saturated carbocycles. The third kappa shape index (κ3) is 3.09. The van der Waals surface area contributed by atoms with Crippen LogP contribution in [0, 0.1) is 6.92 Å². The second-order valence-electron chi connectivity index (χ2n) is 5.04. The van der Waals surface area contributed by atoms with Gasteiger partial charge in [-0.3, -0.25) is 4.90 Å². The van der Waals surface area contributed by atoms with Crippen molar-refractivity contribution in [3.8, 4) is 0 Å². The predicted octanol–water partition coefficient (Wildman–Crippen LogP) is 3.44. The monoisotopic (exact) mass is 254 g/mol. The molecule has 1 aromatic heterocycles. The zero-order valence-corrected chi connectivity index (χ0v) is 12.8. The Hall–Kier alpha value is -0.380. The van der Waals surface area contributed by atoms with Crippen molar-refractivity contribution in [2.75, 3.05) is 20.1 Å². The maximum Gasteiger partial charge on any atom is 0.0507 e. The van der Waals surface area contributed by atoms with E-state index in [9.17, 15) is 0 Å². The smallest absolute Gasteiger partial charge is 0.0507 e. The first-order valence-electron chi connectivity index (χ1n) is 6.44. The Morgan fingerprint density at radius 1 is 1.35 bits per heavy atom. The van der Waals surface area contributed by atoms with Crippen LogP contribution in [-0.4, -0.2) is 30.6 Å². The average molecular weight is 254 g/mol. The first-order valence-corrected chi connectivity index (χ1v) is 7.32. The molecule has 0 saturated heterocycles. The van der Waals surface area contributed by atoms with Crippen LogP contribution in [-0.2, 0) is 0 Å². The first-order chi connectivity index (χ1) is 7.97. The predicted molar refractivity (Wildman–Crippen MR) is 77.9 cm³/mol. The van der Waals surface area contributed by atoms with E-state index in [0.717, 1.165) is 13.1 Å². The molecule has 3 heteroatoms. The molecule has 0 bridgehead atoms. The highest BCUT2D eigenvalue weighted by atomic mass is 32.1. The topological polar surface area (TPSA) is 15.3 Å². The Balaban J connectivity index is 3.00. The molecule has 0 fully saturated rings. The molecule has 1 rings (SSSR count). The summed E-state index contributed by atoms with van der Waals surface area (Å²) in [6, 6.07) is 2.68. The van der Waals surface area contributed by atoms with Gasteiger partial charge < -0.3 is 5.32 Å². The van der Waals surface area contributed by atoms with Crippen molar-refractivity contribution in [1.29, 1.82) is 0 Å². The lowest BCUT2D eigenvalue weighted by atomic mass is 9.88. The lowest BCUT2D eigenvalue weighted by Gasteiger charge is -2.43. The van der Waals surface area contributed by atoms with Gasteiger partial charge in [-0.15, -0.1) is 11.3 Å². The van der Waals surface area contributed by atoms with Crippen LogP contribution in [0.5, 0.6) is 0 Å². The van der Waals surface area contributed by atoms with Crippen molar-refractivity contribution >= 4 is 11.3 Å². The fourth-order valence-corrected chi connectivity index (χ4v) is 3.49. The molecule has 2 nitrogen and oxygen atoms in total. The molecule has 0 amide bonds. The number of rotatable bonds is 6. The van der Waals surface area contributed by atoms with Crippen LogP contribution in [0.3, 0.4) is 0 Å². The van der Waals surface area contributed by atoms with E-state index in [1.165, 1.54) is 10.4 Å². The van der Waals surface area contributed by atoms with E-state index in [0.29, 0.717) is 6.04 Å². The van der Waals surface area contributed by atoms with Crippen molar-refractivity contribution in [2.45, 2.75) is 46.2 Å². The Kier molecular flexibility index (Phi) is 5.17. The number of hydrogen-bond acceptors (Lipinski definition) is 3. The van der Waals surface area contributed by atoms with Gasteiger partial charge in [-0.2, -0.15) is 0 Å². The largest absolute Gasteiger partial charge is 0.311 e. The normalized spacial score (nSPS) is 14.3. The summed E-state index contributed by atoms with van der Waals surface area (Å²) in [5.41, 5.74) is 1.54. The Morgan fingerprint density at radius 3 is 2.29 bits per heavy atom. The summed E-state index contributed by atoms with van der Waals surface area (Å²) in [5, 5.41) is 5.77. The lowest BCUT2D eigenvalue weighted by molar-refractivity contribution is 0.0946. The van der Waals surface area contributed by atoms with E-state index >= 15 is 0 Å². The molecule has 0 radical (unpaired) electrons. The lowest BCUT2D eigenvalue weighted by Crippen LogP contribution is -2.51. The summed E-state index contributed by atoms with van der Waals surface area (Å²) in [4.78, 5) is 3.90. The Labute approximate surface area is 110 Å². The molecule has 98 valence electrons. The van der Waals surface area contributed by atoms with Crippen LogP contribution >= 0.6 is 11.3 Å². The van der Waals surface area contributed by atoms with Gasteiger partial charge in [0.05, 0.1) is 6.04 Å². The molecule has 1 N–H and O–H groups in total. The van der Waals surface area contributed by atoms with Crippen LogP contribution in [0.25, 0.3) is 0 Å². The van der Waals surface area contributed by atoms with Crippen LogP contribution in [0.1, 0.15) is 44.2 Å². The summed E-state index contributed by atoms with van der Waals surface area (Å²) in [7, 11) is 2.06. The maximum absolute atomic E-state index is 3.49. The highest BCUT2D eigenvalue weighted by Gasteiger charge is 2.34. The van der Waals surface area contributed by atoms with Gasteiger partial charge in [0.15, 0.2) is 0 Å². The van der Waals surface area contributed by atoms with E-state index in [2.05, 4.69) is 63.3 Å². The summed E-state index contributed by atoms with van der Waals surface area (Å²) in [6.45, 7) is 13.5. The summed E-state index contributed by atoms with van der Waals surface area (Å²) >= 11 is 1.83. The quantitative estimate of drug-likeness (QED) is 0.836. The standard InChI is InChI=1S/C14H26N2S/c1-7-16(8-2)14(4,5)13(15-6)12-9-11(3)17-10-12/h9-10,13,15H,7-8H2,1-6H3. The molecule has 0 aromatic carbocycles. The highest BCUT2D eigenvalue weighted by Crippen LogP contribution is 2.32. The molecule has 1 atom stereocenters. The van der Waals surface area contributed by atoms with Crippen molar-refractivity contribution in [2.24, 2.45) is 0 Å². The first kappa shape index (κ1) is 14.7. The van der Waals surface area contributed by atoms with Crippen molar-refractivity contribution in [3.05, 3.63) is 21.9 Å². The molecule has 1 heterocycles. The molecule has 1 aromatic rings. The molecule has 0 aliphatic rings. The van der Waals surface area contributed by atoms with Gasteiger partial charge >= 0.3 is 0 Å². The summed E-state index contributed by atoms with van der Waals surface area (Å²) in [5.74, 6) is 0. The van der Waals surface area contributed by atoms with E-state index in [1.807, 2.05) is 11.3 Å². The second kappa shape index (κ2) is 5.98. The van der Waals surface area contributed by atoms with Crippen LogP contribution in [0.4, 0.5) is 0 Å². The molecule has 1 unspecified atom stereocenters. The van der Waals surface area contributed by atoms with Gasteiger partial charge in [-0.1, -0.05) is 13.8 Å². The molecule has 0 aliphatic carbocycles. The molecule has 17 heavy (non-hydrogen) atoms. The zero-order valence-electron chi connectivity index (χ0n) is 12.0. The van der Waals surface area contributed by atoms with Crippen molar-refractivity contribution < 1.29 is 0 Å². The van der Waals surface area contributed by atoms with Gasteiger partial charge in [-0.05, 0) is 57.9 Å². The fourth-order valence-electron chi connectivity index (χ4n) is 2.76. The van der Waals surface area contributed by atoms with E-state index in [4.69, 9.17) is 0 Å². The van der Waals surface area contributed by atoms with Gasteiger partial charge in [0.2, 0.25) is 0 Å². The number of hydrogen-bond donors (Lipinski definition) is 1. The van der Waals surface area contributed by atoms with Crippen LogP contribution < -0.4 is 5.32 Å². The molecule has 0 aliphatic heterocycles. The maximum atomic E-state index is 3.49. The summed E-state index contributed by atoms with van der Waals surface area (Å²) in [6.07, 6.45) is 0. The highest BCUT2D eigenvalue weighted by molar-refractivity contribution is 7.10. The van der Waals surface area contributed by atoms with Gasteiger partial charge in [0, 0.05) is 10.4 Å². The van der Waals surface area contributed by atoms with Crippen LogP contribution in [0.15, 0.2) is 11.4 Å². The van der Waals surface area contributed by atoms with Gasteiger partial charge in [-0.25, -0.2) is 0 Å². The van der Waals surface area contributed by atoms with Gasteiger partial charge in [0.1, 0.15) is 0 Å². The number of nitrogens with one attached hydrogen (secondary N) is 1.